The number of hydrazone groups is 1. The minimum absolute atomic E-state index is 0.117. The second-order valence-corrected chi connectivity index (χ2v) is 9.05. The molecule has 0 unspecified atom stereocenters. The molecule has 3 aromatic rings. The molecule has 2 aromatic carbocycles. The maximum Gasteiger partial charge on any atom is 0.264 e. The molecule has 1 aromatic heterocycles. The zero-order valence-corrected chi connectivity index (χ0v) is 18.4. The number of aromatic nitrogens is 1. The van der Waals surface area contributed by atoms with Crippen LogP contribution >= 0.6 is 0 Å². The molecule has 0 spiro atoms. The molecule has 7 nitrogen and oxygen atoms in total. The van der Waals surface area contributed by atoms with E-state index < -0.39 is 22.5 Å². The second-order valence-electron chi connectivity index (χ2n) is 7.19. The first kappa shape index (κ1) is 22.2. The molecule has 31 heavy (non-hydrogen) atoms. The van der Waals surface area contributed by atoms with Gasteiger partial charge in [0.2, 0.25) is 0 Å². The normalized spacial score (nSPS) is 11.5. The van der Waals surface area contributed by atoms with Gasteiger partial charge in [-0.2, -0.15) is 5.10 Å². The number of benzene rings is 2. The molecule has 0 aliphatic rings. The van der Waals surface area contributed by atoms with Crippen molar-refractivity contribution in [2.24, 2.45) is 5.10 Å². The number of hydrogen-bond acceptors (Lipinski definition) is 5. The molecular weight excluding hydrogens is 412 g/mol. The zero-order chi connectivity index (χ0) is 22.4. The Hall–Kier alpha value is -3.52. The summed E-state index contributed by atoms with van der Waals surface area (Å²) in [6.45, 7) is 5.22. The first-order valence-electron chi connectivity index (χ1n) is 9.66. The van der Waals surface area contributed by atoms with Crippen LogP contribution in [0.1, 0.15) is 22.3 Å². The highest BCUT2D eigenvalue weighted by Gasteiger charge is 2.28. The van der Waals surface area contributed by atoms with Crippen molar-refractivity contribution in [2.45, 2.75) is 25.7 Å². The zero-order valence-electron chi connectivity index (χ0n) is 17.6. The Bertz CT molecular complexity index is 1190. The van der Waals surface area contributed by atoms with Gasteiger partial charge in [-0.25, -0.2) is 13.8 Å². The molecule has 0 aliphatic carbocycles. The van der Waals surface area contributed by atoms with Crippen molar-refractivity contribution in [3.8, 4) is 0 Å². The average Bonchev–Trinajstić information content (AvgIpc) is 2.73. The summed E-state index contributed by atoms with van der Waals surface area (Å²) in [5.74, 6) is -0.555. The van der Waals surface area contributed by atoms with Gasteiger partial charge in [-0.05, 0) is 62.2 Å². The number of amides is 1. The van der Waals surface area contributed by atoms with Crippen molar-refractivity contribution in [1.82, 2.24) is 10.4 Å². The SMILES string of the molecule is Cc1ccc(S(=O)(=O)N(CC(=O)N/N=C\c2ccncc2)c2ccc(C)cc2C)cc1. The summed E-state index contributed by atoms with van der Waals surface area (Å²) in [7, 11) is -3.97. The van der Waals surface area contributed by atoms with E-state index in [9.17, 15) is 13.2 Å². The van der Waals surface area contributed by atoms with Crippen LogP contribution in [-0.4, -0.2) is 32.1 Å². The van der Waals surface area contributed by atoms with E-state index in [0.717, 1.165) is 26.6 Å². The average molecular weight is 437 g/mol. The van der Waals surface area contributed by atoms with Crippen molar-refractivity contribution in [3.63, 3.8) is 0 Å². The van der Waals surface area contributed by atoms with Gasteiger partial charge in [-0.15, -0.1) is 0 Å². The smallest absolute Gasteiger partial charge is 0.264 e. The maximum absolute atomic E-state index is 13.4. The monoisotopic (exact) mass is 436 g/mol. The highest BCUT2D eigenvalue weighted by Crippen LogP contribution is 2.27. The fourth-order valence-corrected chi connectivity index (χ4v) is 4.50. The van der Waals surface area contributed by atoms with Gasteiger partial charge in [0.15, 0.2) is 0 Å². The van der Waals surface area contributed by atoms with Crippen molar-refractivity contribution in [3.05, 3.63) is 89.2 Å². The Balaban J connectivity index is 1.89. The summed E-state index contributed by atoms with van der Waals surface area (Å²) in [5.41, 5.74) is 6.30. The van der Waals surface area contributed by atoms with E-state index in [2.05, 4.69) is 15.5 Å². The van der Waals surface area contributed by atoms with Gasteiger partial charge in [0, 0.05) is 12.4 Å². The number of pyridine rings is 1. The van der Waals surface area contributed by atoms with Crippen LogP contribution in [0.3, 0.4) is 0 Å². The molecule has 1 amide bonds. The first-order chi connectivity index (χ1) is 14.8. The lowest BCUT2D eigenvalue weighted by atomic mass is 10.1. The van der Waals surface area contributed by atoms with E-state index >= 15 is 0 Å². The van der Waals surface area contributed by atoms with E-state index in [-0.39, 0.29) is 4.90 Å². The summed E-state index contributed by atoms with van der Waals surface area (Å²) in [4.78, 5) is 16.6. The van der Waals surface area contributed by atoms with Gasteiger partial charge >= 0.3 is 0 Å². The third-order valence-electron chi connectivity index (χ3n) is 4.63. The molecule has 0 radical (unpaired) electrons. The van der Waals surface area contributed by atoms with E-state index in [0.29, 0.717) is 5.69 Å². The molecule has 0 atom stereocenters. The van der Waals surface area contributed by atoms with Crippen LogP contribution in [0.5, 0.6) is 0 Å². The van der Waals surface area contributed by atoms with Gasteiger partial charge in [0.1, 0.15) is 6.54 Å². The van der Waals surface area contributed by atoms with Gasteiger partial charge in [0.25, 0.3) is 15.9 Å². The lowest BCUT2D eigenvalue weighted by Gasteiger charge is -2.25. The largest absolute Gasteiger partial charge is 0.271 e. The van der Waals surface area contributed by atoms with Crippen LogP contribution in [0.4, 0.5) is 5.69 Å². The quantitative estimate of drug-likeness (QED) is 0.454. The van der Waals surface area contributed by atoms with Crippen molar-refractivity contribution in [2.75, 3.05) is 10.8 Å². The van der Waals surface area contributed by atoms with Crippen LogP contribution in [0.25, 0.3) is 0 Å². The third kappa shape index (κ3) is 5.55. The number of rotatable bonds is 7. The Morgan fingerprint density at radius 2 is 1.65 bits per heavy atom. The van der Waals surface area contributed by atoms with Crippen LogP contribution in [0, 0.1) is 20.8 Å². The minimum Gasteiger partial charge on any atom is -0.271 e. The van der Waals surface area contributed by atoms with Gasteiger partial charge in [-0.3, -0.25) is 14.1 Å². The number of anilines is 1. The lowest BCUT2D eigenvalue weighted by Crippen LogP contribution is -2.40. The maximum atomic E-state index is 13.4. The Morgan fingerprint density at radius 1 is 1.00 bits per heavy atom. The number of aryl methyl sites for hydroxylation is 3. The van der Waals surface area contributed by atoms with Crippen molar-refractivity contribution < 1.29 is 13.2 Å². The fraction of sp³-hybridized carbons (Fsp3) is 0.174. The van der Waals surface area contributed by atoms with Crippen LogP contribution < -0.4 is 9.73 Å². The summed E-state index contributed by atoms with van der Waals surface area (Å²) in [6, 6.07) is 15.4. The molecular formula is C23H24N4O3S. The summed E-state index contributed by atoms with van der Waals surface area (Å²) >= 11 is 0. The topological polar surface area (TPSA) is 91.7 Å². The van der Waals surface area contributed by atoms with E-state index in [1.54, 1.807) is 54.9 Å². The Kier molecular flexibility index (Phi) is 6.81. The second kappa shape index (κ2) is 9.53. The lowest BCUT2D eigenvalue weighted by molar-refractivity contribution is -0.119. The molecule has 0 saturated carbocycles. The summed E-state index contributed by atoms with van der Waals surface area (Å²) in [5, 5.41) is 3.92. The van der Waals surface area contributed by atoms with Crippen molar-refractivity contribution >= 4 is 27.8 Å². The van der Waals surface area contributed by atoms with Crippen LogP contribution in [0.15, 0.2) is 77.0 Å². The number of carbonyl (C=O) groups excluding carboxylic acids is 1. The van der Waals surface area contributed by atoms with Gasteiger partial charge in [-0.1, -0.05) is 35.4 Å². The molecule has 0 fully saturated rings. The number of nitrogens with zero attached hydrogens (tertiary/aromatic N) is 3. The van der Waals surface area contributed by atoms with E-state index in [1.165, 1.54) is 6.21 Å². The third-order valence-corrected chi connectivity index (χ3v) is 6.40. The van der Waals surface area contributed by atoms with Gasteiger partial charge < -0.3 is 0 Å². The van der Waals surface area contributed by atoms with Crippen LogP contribution in [-0.2, 0) is 14.8 Å². The highest BCUT2D eigenvalue weighted by atomic mass is 32.2. The number of sulfonamides is 1. The molecule has 0 bridgehead atoms. The standard InChI is InChI=1S/C23H24N4O3S/c1-17-4-7-21(8-5-17)31(29,30)27(22-9-6-18(2)14-19(22)3)16-23(28)26-25-15-20-10-12-24-13-11-20/h4-15H,16H2,1-3H3,(H,26,28)/b25-15-. The summed E-state index contributed by atoms with van der Waals surface area (Å²) in [6.07, 6.45) is 4.69. The minimum atomic E-state index is -3.97. The van der Waals surface area contributed by atoms with E-state index in [1.807, 2.05) is 32.9 Å². The molecule has 0 saturated heterocycles. The summed E-state index contributed by atoms with van der Waals surface area (Å²) < 4.78 is 27.9. The van der Waals surface area contributed by atoms with Crippen LogP contribution in [0.2, 0.25) is 0 Å². The fourth-order valence-electron chi connectivity index (χ4n) is 3.02. The molecule has 1 heterocycles. The molecule has 0 aliphatic heterocycles. The predicted octanol–water partition coefficient (Wildman–Crippen LogP) is 3.35. The van der Waals surface area contributed by atoms with E-state index in [4.69, 9.17) is 0 Å². The first-order valence-corrected chi connectivity index (χ1v) is 11.1. The Morgan fingerprint density at radius 3 is 2.29 bits per heavy atom. The number of nitrogens with one attached hydrogen (secondary N) is 1. The number of hydrogen-bond donors (Lipinski definition) is 1. The molecule has 8 heteroatoms. The van der Waals surface area contributed by atoms with Crippen molar-refractivity contribution in [1.29, 1.82) is 0 Å². The van der Waals surface area contributed by atoms with Gasteiger partial charge in [0.05, 0.1) is 16.8 Å². The highest BCUT2D eigenvalue weighted by molar-refractivity contribution is 7.92. The molecule has 3 rings (SSSR count). The predicted molar refractivity (Wildman–Crippen MR) is 122 cm³/mol. The Labute approximate surface area is 182 Å². The molecule has 160 valence electrons. The number of carbonyl (C=O) groups is 1. The molecule has 1 N–H and O–H groups in total.